The van der Waals surface area contributed by atoms with E-state index in [1.165, 1.54) is 7.11 Å². The minimum absolute atomic E-state index is 0.0240. The van der Waals surface area contributed by atoms with Crippen LogP contribution in [0.2, 0.25) is 0 Å². The van der Waals surface area contributed by atoms with Crippen LogP contribution in [0.1, 0.15) is 35.4 Å². The Morgan fingerprint density at radius 3 is 2.73 bits per heavy atom. The smallest absolute Gasteiger partial charge is 0.259 e. The summed E-state index contributed by atoms with van der Waals surface area (Å²) >= 11 is 0. The highest BCUT2D eigenvalue weighted by Gasteiger charge is 2.35. The summed E-state index contributed by atoms with van der Waals surface area (Å²) in [5, 5.41) is 9.89. The van der Waals surface area contributed by atoms with E-state index in [2.05, 4.69) is 11.1 Å². The Bertz CT molecular complexity index is 1320. The molecule has 168 valence electrons. The van der Waals surface area contributed by atoms with Gasteiger partial charge in [-0.15, -0.1) is 0 Å². The Morgan fingerprint density at radius 2 is 2.06 bits per heavy atom. The van der Waals surface area contributed by atoms with Gasteiger partial charge in [-0.05, 0) is 43.7 Å². The fourth-order valence-corrected chi connectivity index (χ4v) is 4.01. The molecule has 0 fully saturated rings. The van der Waals surface area contributed by atoms with Gasteiger partial charge in [-0.25, -0.2) is 0 Å². The minimum atomic E-state index is -0.716. The molecule has 0 amide bonds. The first-order chi connectivity index (χ1) is 16.0. The van der Waals surface area contributed by atoms with Crippen LogP contribution in [0.3, 0.4) is 0 Å². The molecule has 3 heterocycles. The van der Waals surface area contributed by atoms with E-state index in [1.807, 2.05) is 32.0 Å². The highest BCUT2D eigenvalue weighted by Crippen LogP contribution is 2.42. The maximum Gasteiger partial charge on any atom is 0.259 e. The van der Waals surface area contributed by atoms with Gasteiger partial charge in [0.1, 0.15) is 17.4 Å². The first kappa shape index (κ1) is 22.0. The van der Waals surface area contributed by atoms with Crippen molar-refractivity contribution in [2.24, 2.45) is 5.73 Å². The molecule has 0 unspecified atom stereocenters. The second kappa shape index (κ2) is 9.09. The summed E-state index contributed by atoms with van der Waals surface area (Å²) in [5.41, 5.74) is 8.45. The average molecular weight is 444 g/mol. The van der Waals surface area contributed by atoms with Crippen molar-refractivity contribution in [1.29, 1.82) is 5.26 Å². The minimum Gasteiger partial charge on any atom is -0.493 e. The lowest BCUT2D eigenvalue weighted by atomic mass is 9.84. The highest BCUT2D eigenvalue weighted by atomic mass is 16.5. The standard InChI is InChI=1S/C25H24N4O4/c1-4-32-19-9-8-16(12-20(19)31-3)22-18(13-26)24(27)33-21-11-15(2)29(25(30)23(21)22)14-17-7-5-6-10-28-17/h5-12,22H,4,14,27H2,1-3H3/t22-/m0/s1. The Balaban J connectivity index is 1.91. The number of aromatic nitrogens is 2. The third-order valence-electron chi connectivity index (χ3n) is 5.56. The number of methoxy groups -OCH3 is 1. The second-order valence-corrected chi connectivity index (χ2v) is 7.54. The summed E-state index contributed by atoms with van der Waals surface area (Å²) in [5.74, 6) is 0.668. The van der Waals surface area contributed by atoms with Crippen molar-refractivity contribution in [3.05, 3.63) is 93.0 Å². The number of nitrogens with zero attached hydrogens (tertiary/aromatic N) is 3. The number of allylic oxidation sites excluding steroid dienone is 1. The average Bonchev–Trinajstić information content (AvgIpc) is 2.82. The number of fused-ring (bicyclic) bond motifs is 1. The number of ether oxygens (including phenoxy) is 3. The van der Waals surface area contributed by atoms with Crippen LogP contribution in [-0.2, 0) is 6.54 Å². The van der Waals surface area contributed by atoms with Crippen molar-refractivity contribution in [2.75, 3.05) is 13.7 Å². The summed E-state index contributed by atoms with van der Waals surface area (Å²) in [6.45, 7) is 4.47. The summed E-state index contributed by atoms with van der Waals surface area (Å²) in [7, 11) is 1.54. The molecule has 8 heteroatoms. The molecule has 2 aromatic heterocycles. The predicted octanol–water partition coefficient (Wildman–Crippen LogP) is 3.23. The van der Waals surface area contributed by atoms with Crippen LogP contribution in [0, 0.1) is 18.3 Å². The van der Waals surface area contributed by atoms with Gasteiger partial charge in [0.05, 0.1) is 37.4 Å². The van der Waals surface area contributed by atoms with Gasteiger partial charge in [0.25, 0.3) is 5.56 Å². The zero-order valence-electron chi connectivity index (χ0n) is 18.7. The number of hydrogen-bond donors (Lipinski definition) is 1. The van der Waals surface area contributed by atoms with Gasteiger partial charge in [-0.2, -0.15) is 5.26 Å². The number of pyridine rings is 2. The molecule has 33 heavy (non-hydrogen) atoms. The Kier molecular flexibility index (Phi) is 6.05. The molecule has 1 aliphatic rings. The summed E-state index contributed by atoms with van der Waals surface area (Å²) in [6.07, 6.45) is 1.68. The molecule has 8 nitrogen and oxygen atoms in total. The largest absolute Gasteiger partial charge is 0.493 e. The predicted molar refractivity (Wildman–Crippen MR) is 122 cm³/mol. The van der Waals surface area contributed by atoms with Gasteiger partial charge in [0.15, 0.2) is 11.5 Å². The van der Waals surface area contributed by atoms with Gasteiger partial charge >= 0.3 is 0 Å². The van der Waals surface area contributed by atoms with Crippen LogP contribution in [0.4, 0.5) is 0 Å². The zero-order chi connectivity index (χ0) is 23.5. The summed E-state index contributed by atoms with van der Waals surface area (Å²) in [6, 6.07) is 14.8. The molecular weight excluding hydrogens is 420 g/mol. The van der Waals surface area contributed by atoms with E-state index in [-0.39, 0.29) is 17.0 Å². The quantitative estimate of drug-likeness (QED) is 0.621. The van der Waals surface area contributed by atoms with Crippen molar-refractivity contribution in [2.45, 2.75) is 26.3 Å². The molecule has 0 radical (unpaired) electrons. The van der Waals surface area contributed by atoms with Crippen molar-refractivity contribution >= 4 is 0 Å². The lowest BCUT2D eigenvalue weighted by Gasteiger charge is -2.27. The van der Waals surface area contributed by atoms with Crippen LogP contribution in [0.5, 0.6) is 17.2 Å². The van der Waals surface area contributed by atoms with Crippen molar-refractivity contribution in [3.63, 3.8) is 0 Å². The molecular formula is C25H24N4O4. The normalized spacial score (nSPS) is 14.8. The third kappa shape index (κ3) is 4.01. The van der Waals surface area contributed by atoms with Crippen LogP contribution in [-0.4, -0.2) is 23.3 Å². The van der Waals surface area contributed by atoms with Gasteiger partial charge in [-0.1, -0.05) is 12.1 Å². The molecule has 4 rings (SSSR count). The Hall–Kier alpha value is -4.25. The zero-order valence-corrected chi connectivity index (χ0v) is 18.7. The van der Waals surface area contributed by atoms with Crippen molar-refractivity contribution in [3.8, 4) is 23.3 Å². The lowest BCUT2D eigenvalue weighted by Crippen LogP contribution is -2.33. The maximum absolute atomic E-state index is 13.7. The summed E-state index contributed by atoms with van der Waals surface area (Å²) < 4.78 is 18.4. The van der Waals surface area contributed by atoms with E-state index in [1.54, 1.807) is 35.0 Å². The lowest BCUT2D eigenvalue weighted by molar-refractivity contribution is 0.310. The fourth-order valence-electron chi connectivity index (χ4n) is 4.01. The maximum atomic E-state index is 13.7. The van der Waals surface area contributed by atoms with Gasteiger partial charge in [0, 0.05) is 18.0 Å². The van der Waals surface area contributed by atoms with Gasteiger partial charge in [-0.3, -0.25) is 9.78 Å². The summed E-state index contributed by atoms with van der Waals surface area (Å²) in [4.78, 5) is 18.1. The Morgan fingerprint density at radius 1 is 1.24 bits per heavy atom. The van der Waals surface area contributed by atoms with E-state index < -0.39 is 5.92 Å². The number of rotatable bonds is 6. The van der Waals surface area contributed by atoms with Gasteiger partial charge in [0.2, 0.25) is 5.88 Å². The topological polar surface area (TPSA) is 112 Å². The molecule has 0 saturated heterocycles. The fraction of sp³-hybridized carbons (Fsp3) is 0.240. The third-order valence-corrected chi connectivity index (χ3v) is 5.56. The first-order valence-electron chi connectivity index (χ1n) is 10.5. The van der Waals surface area contributed by atoms with Crippen molar-refractivity contribution < 1.29 is 14.2 Å². The van der Waals surface area contributed by atoms with E-state index >= 15 is 0 Å². The molecule has 0 aliphatic carbocycles. The Labute approximate surface area is 191 Å². The van der Waals surface area contributed by atoms with Crippen LogP contribution in [0.25, 0.3) is 0 Å². The second-order valence-electron chi connectivity index (χ2n) is 7.54. The van der Waals surface area contributed by atoms with Gasteiger partial charge < -0.3 is 24.5 Å². The molecule has 2 N–H and O–H groups in total. The number of aryl methyl sites for hydroxylation is 1. The molecule has 1 aromatic carbocycles. The molecule has 1 aliphatic heterocycles. The molecule has 0 spiro atoms. The van der Waals surface area contributed by atoms with E-state index in [9.17, 15) is 10.1 Å². The monoisotopic (exact) mass is 444 g/mol. The van der Waals surface area contributed by atoms with E-state index in [0.29, 0.717) is 47.2 Å². The molecule has 3 aromatic rings. The molecule has 0 bridgehead atoms. The van der Waals surface area contributed by atoms with E-state index in [0.717, 1.165) is 5.69 Å². The van der Waals surface area contributed by atoms with E-state index in [4.69, 9.17) is 19.9 Å². The molecule has 0 saturated carbocycles. The SMILES string of the molecule is CCOc1ccc([C@H]2C(C#N)=C(N)Oc3cc(C)n(Cc4ccccn4)c(=O)c32)cc1OC. The number of benzene rings is 1. The first-order valence-corrected chi connectivity index (χ1v) is 10.5. The highest BCUT2D eigenvalue weighted by molar-refractivity contribution is 5.57. The number of hydrogen-bond acceptors (Lipinski definition) is 7. The van der Waals surface area contributed by atoms with Crippen molar-refractivity contribution in [1.82, 2.24) is 9.55 Å². The number of nitriles is 1. The molecule has 1 atom stereocenters. The van der Waals surface area contributed by atoms with Crippen LogP contribution < -0.4 is 25.5 Å². The number of nitrogens with two attached hydrogens (primary N) is 1. The van der Waals surface area contributed by atoms with Crippen LogP contribution in [0.15, 0.2) is 64.9 Å². The van der Waals surface area contributed by atoms with Crippen LogP contribution >= 0.6 is 0 Å².